The van der Waals surface area contributed by atoms with Crippen LogP contribution in [-0.2, 0) is 0 Å². The highest BCUT2D eigenvalue weighted by Gasteiger charge is 2.16. The third-order valence-corrected chi connectivity index (χ3v) is 2.64. The summed E-state index contributed by atoms with van der Waals surface area (Å²) in [5.41, 5.74) is 7.25. The van der Waals surface area contributed by atoms with E-state index in [1.165, 1.54) is 6.07 Å². The van der Waals surface area contributed by atoms with Crippen LogP contribution in [0.15, 0.2) is 18.2 Å². The molecule has 1 aromatic carbocycles. The second-order valence-electron chi connectivity index (χ2n) is 4.17. The minimum atomic E-state index is -0.289. The molecule has 0 amide bonds. The van der Waals surface area contributed by atoms with Crippen LogP contribution in [-0.4, -0.2) is 13.1 Å². The van der Waals surface area contributed by atoms with Crippen LogP contribution >= 0.6 is 0 Å². The molecule has 84 valence electrons. The highest BCUT2D eigenvalue weighted by molar-refractivity contribution is 5.55. The number of nitrogens with zero attached hydrogens (tertiary/aromatic N) is 1. The van der Waals surface area contributed by atoms with Gasteiger partial charge in [-0.15, -0.1) is 0 Å². The molecule has 0 radical (unpaired) electrons. The van der Waals surface area contributed by atoms with E-state index in [4.69, 9.17) is 5.73 Å². The molecule has 15 heavy (non-hydrogen) atoms. The van der Waals surface area contributed by atoms with E-state index in [2.05, 4.69) is 13.8 Å². The van der Waals surface area contributed by atoms with E-state index in [-0.39, 0.29) is 11.9 Å². The Morgan fingerprint density at radius 3 is 2.33 bits per heavy atom. The van der Waals surface area contributed by atoms with Crippen molar-refractivity contribution in [2.75, 3.05) is 11.9 Å². The van der Waals surface area contributed by atoms with Gasteiger partial charge in [0.15, 0.2) is 0 Å². The summed E-state index contributed by atoms with van der Waals surface area (Å²) in [5.74, 6) is -0.227. The molecule has 2 nitrogen and oxygen atoms in total. The molecule has 2 N–H and O–H groups in total. The van der Waals surface area contributed by atoms with Crippen molar-refractivity contribution in [3.8, 4) is 0 Å². The Kier molecular flexibility index (Phi) is 3.69. The third kappa shape index (κ3) is 2.48. The van der Waals surface area contributed by atoms with Gasteiger partial charge in [0, 0.05) is 30.4 Å². The van der Waals surface area contributed by atoms with Crippen molar-refractivity contribution in [3.63, 3.8) is 0 Å². The van der Waals surface area contributed by atoms with Crippen molar-refractivity contribution < 1.29 is 4.39 Å². The second-order valence-corrected chi connectivity index (χ2v) is 4.17. The van der Waals surface area contributed by atoms with Crippen LogP contribution in [0.25, 0.3) is 0 Å². The van der Waals surface area contributed by atoms with Crippen molar-refractivity contribution in [1.29, 1.82) is 0 Å². The Morgan fingerprint density at radius 2 is 1.87 bits per heavy atom. The first kappa shape index (κ1) is 12.0. The van der Waals surface area contributed by atoms with Gasteiger partial charge < -0.3 is 10.6 Å². The number of benzene rings is 1. The van der Waals surface area contributed by atoms with E-state index in [0.717, 1.165) is 5.69 Å². The van der Waals surface area contributed by atoms with E-state index in [0.29, 0.717) is 11.6 Å². The van der Waals surface area contributed by atoms with Gasteiger partial charge in [0.1, 0.15) is 5.82 Å². The molecule has 1 aromatic rings. The van der Waals surface area contributed by atoms with Crippen LogP contribution in [0.2, 0.25) is 0 Å². The second kappa shape index (κ2) is 4.62. The van der Waals surface area contributed by atoms with Gasteiger partial charge in [-0.1, -0.05) is 6.07 Å². The maximum atomic E-state index is 13.6. The minimum Gasteiger partial charge on any atom is -0.372 e. The lowest BCUT2D eigenvalue weighted by Gasteiger charge is -2.27. The number of hydrogen-bond acceptors (Lipinski definition) is 2. The number of anilines is 1. The summed E-state index contributed by atoms with van der Waals surface area (Å²) >= 11 is 0. The molecule has 0 spiro atoms. The molecule has 1 atom stereocenters. The summed E-state index contributed by atoms with van der Waals surface area (Å²) in [5, 5.41) is 0. The van der Waals surface area contributed by atoms with E-state index >= 15 is 0 Å². The number of hydrogen-bond donors (Lipinski definition) is 1. The predicted octanol–water partition coefficient (Wildman–Crippen LogP) is 2.69. The highest BCUT2D eigenvalue weighted by Crippen LogP contribution is 2.28. The normalized spacial score (nSPS) is 13.0. The molecule has 0 aliphatic heterocycles. The molecule has 0 bridgehead atoms. The molecule has 0 aromatic heterocycles. The topological polar surface area (TPSA) is 29.3 Å². The lowest BCUT2D eigenvalue weighted by atomic mass is 10.0. The molecule has 0 saturated carbocycles. The number of rotatable bonds is 3. The summed E-state index contributed by atoms with van der Waals surface area (Å²) < 4.78 is 13.6. The monoisotopic (exact) mass is 210 g/mol. The zero-order valence-corrected chi connectivity index (χ0v) is 9.79. The number of nitrogens with two attached hydrogens (primary N) is 1. The highest BCUT2D eigenvalue weighted by atomic mass is 19.1. The first-order chi connectivity index (χ1) is 6.95. The Morgan fingerprint density at radius 1 is 1.27 bits per heavy atom. The van der Waals surface area contributed by atoms with Crippen molar-refractivity contribution >= 4 is 5.69 Å². The van der Waals surface area contributed by atoms with Crippen LogP contribution < -0.4 is 10.6 Å². The summed E-state index contributed by atoms with van der Waals surface area (Å²) in [4.78, 5) is 2.03. The summed E-state index contributed by atoms with van der Waals surface area (Å²) in [6.07, 6.45) is 0. The molecule has 0 aliphatic carbocycles. The third-order valence-electron chi connectivity index (χ3n) is 2.64. The van der Waals surface area contributed by atoms with Crippen molar-refractivity contribution in [2.45, 2.75) is 32.9 Å². The summed E-state index contributed by atoms with van der Waals surface area (Å²) in [7, 11) is 1.95. The first-order valence-corrected chi connectivity index (χ1v) is 5.22. The molecule has 0 heterocycles. The Hall–Kier alpha value is -1.09. The fourth-order valence-corrected chi connectivity index (χ4v) is 1.56. The fraction of sp³-hybridized carbons (Fsp3) is 0.500. The van der Waals surface area contributed by atoms with Crippen molar-refractivity contribution in [1.82, 2.24) is 0 Å². The molecule has 0 unspecified atom stereocenters. The lowest BCUT2D eigenvalue weighted by molar-refractivity contribution is 0.590. The van der Waals surface area contributed by atoms with Crippen LogP contribution in [0, 0.1) is 5.82 Å². The van der Waals surface area contributed by atoms with Gasteiger partial charge >= 0.3 is 0 Å². The molecule has 3 heteroatoms. The van der Waals surface area contributed by atoms with Crippen molar-refractivity contribution in [2.24, 2.45) is 5.73 Å². The average Bonchev–Trinajstić information content (AvgIpc) is 2.15. The van der Waals surface area contributed by atoms with Crippen LogP contribution in [0.5, 0.6) is 0 Å². The van der Waals surface area contributed by atoms with Crippen LogP contribution in [0.1, 0.15) is 32.4 Å². The average molecular weight is 210 g/mol. The predicted molar refractivity (Wildman–Crippen MR) is 62.5 cm³/mol. The van der Waals surface area contributed by atoms with Crippen LogP contribution in [0.4, 0.5) is 10.1 Å². The maximum Gasteiger partial charge on any atom is 0.130 e. The van der Waals surface area contributed by atoms with E-state index in [1.807, 2.05) is 18.0 Å². The minimum absolute atomic E-state index is 0.227. The quantitative estimate of drug-likeness (QED) is 0.831. The Balaban J connectivity index is 3.22. The molecule has 0 aliphatic rings. The standard InChI is InChI=1S/C12H19FN2/c1-8(2)15(4)11-7-5-6-10(13)12(11)9(3)14/h5-9H,14H2,1-4H3/t9-/m1/s1. The SMILES string of the molecule is CC(C)N(C)c1cccc(F)c1[C@@H](C)N. The molecular formula is C12H19FN2. The molecule has 0 fully saturated rings. The van der Waals surface area contributed by atoms with Crippen LogP contribution in [0.3, 0.4) is 0 Å². The fourth-order valence-electron chi connectivity index (χ4n) is 1.56. The van der Waals surface area contributed by atoms with Gasteiger partial charge in [0.25, 0.3) is 0 Å². The zero-order valence-electron chi connectivity index (χ0n) is 9.79. The van der Waals surface area contributed by atoms with Gasteiger partial charge in [0.05, 0.1) is 0 Å². The van der Waals surface area contributed by atoms with Gasteiger partial charge in [-0.2, -0.15) is 0 Å². The van der Waals surface area contributed by atoms with Gasteiger partial charge in [-0.05, 0) is 32.9 Å². The van der Waals surface area contributed by atoms with Crippen molar-refractivity contribution in [3.05, 3.63) is 29.6 Å². The maximum absolute atomic E-state index is 13.6. The summed E-state index contributed by atoms with van der Waals surface area (Å²) in [6, 6.07) is 5.11. The first-order valence-electron chi connectivity index (χ1n) is 5.22. The van der Waals surface area contributed by atoms with Gasteiger partial charge in [-0.3, -0.25) is 0 Å². The zero-order chi connectivity index (χ0) is 11.6. The molecule has 0 saturated heterocycles. The largest absolute Gasteiger partial charge is 0.372 e. The summed E-state index contributed by atoms with van der Waals surface area (Å²) in [6.45, 7) is 5.93. The molecule has 1 rings (SSSR count). The Bertz CT molecular complexity index is 334. The van der Waals surface area contributed by atoms with E-state index in [1.54, 1.807) is 13.0 Å². The smallest absolute Gasteiger partial charge is 0.130 e. The molecular weight excluding hydrogens is 191 g/mol. The number of halogens is 1. The van der Waals surface area contributed by atoms with E-state index in [9.17, 15) is 4.39 Å². The Labute approximate surface area is 90.9 Å². The van der Waals surface area contributed by atoms with Gasteiger partial charge in [-0.25, -0.2) is 4.39 Å². The lowest BCUT2D eigenvalue weighted by Crippen LogP contribution is -2.28. The van der Waals surface area contributed by atoms with Gasteiger partial charge in [0.2, 0.25) is 0 Å². The van der Waals surface area contributed by atoms with E-state index < -0.39 is 0 Å².